The summed E-state index contributed by atoms with van der Waals surface area (Å²) in [6.07, 6.45) is 5.73. The average molecular weight is 310 g/mol. The SMILES string of the molecule is Cn1cc(CNc2cccc(CSc3ccccn3)c2)cn1. The molecule has 0 atom stereocenters. The molecule has 0 amide bonds. The third-order valence-corrected chi connectivity index (χ3v) is 4.22. The number of hydrogen-bond donors (Lipinski definition) is 1. The van der Waals surface area contributed by atoms with Gasteiger partial charge in [0.25, 0.3) is 0 Å². The molecule has 3 rings (SSSR count). The van der Waals surface area contributed by atoms with Crippen molar-refractivity contribution >= 4 is 17.4 Å². The topological polar surface area (TPSA) is 42.7 Å². The van der Waals surface area contributed by atoms with Gasteiger partial charge in [0.05, 0.1) is 11.2 Å². The average Bonchev–Trinajstić information content (AvgIpc) is 2.98. The molecule has 112 valence electrons. The molecule has 0 aliphatic heterocycles. The quantitative estimate of drug-likeness (QED) is 0.705. The Morgan fingerprint density at radius 1 is 1.14 bits per heavy atom. The van der Waals surface area contributed by atoms with Crippen molar-refractivity contribution in [1.82, 2.24) is 14.8 Å². The van der Waals surface area contributed by atoms with Crippen molar-refractivity contribution in [2.75, 3.05) is 5.32 Å². The van der Waals surface area contributed by atoms with Crippen molar-refractivity contribution in [2.24, 2.45) is 7.05 Å². The molecule has 2 heterocycles. The van der Waals surface area contributed by atoms with Gasteiger partial charge in [0, 0.05) is 43.0 Å². The van der Waals surface area contributed by atoms with Crippen molar-refractivity contribution < 1.29 is 0 Å². The fraction of sp³-hybridized carbons (Fsp3) is 0.176. The van der Waals surface area contributed by atoms with Gasteiger partial charge in [0.1, 0.15) is 0 Å². The number of pyridine rings is 1. The Labute approximate surface area is 134 Å². The molecular weight excluding hydrogens is 292 g/mol. The van der Waals surface area contributed by atoms with E-state index in [1.807, 2.05) is 48.5 Å². The second kappa shape index (κ2) is 7.13. The smallest absolute Gasteiger partial charge is 0.0963 e. The van der Waals surface area contributed by atoms with Crippen molar-refractivity contribution in [3.63, 3.8) is 0 Å². The Bertz CT molecular complexity index is 724. The first-order valence-corrected chi connectivity index (χ1v) is 8.12. The number of nitrogens with one attached hydrogen (secondary N) is 1. The lowest BCUT2D eigenvalue weighted by Gasteiger charge is -2.07. The van der Waals surface area contributed by atoms with E-state index in [1.165, 1.54) is 11.1 Å². The maximum absolute atomic E-state index is 4.33. The van der Waals surface area contributed by atoms with E-state index >= 15 is 0 Å². The number of aryl methyl sites for hydroxylation is 1. The minimum Gasteiger partial charge on any atom is -0.381 e. The summed E-state index contributed by atoms with van der Waals surface area (Å²) in [5.74, 6) is 0.916. The normalized spacial score (nSPS) is 10.6. The fourth-order valence-electron chi connectivity index (χ4n) is 2.13. The molecule has 0 unspecified atom stereocenters. The zero-order chi connectivity index (χ0) is 15.2. The summed E-state index contributed by atoms with van der Waals surface area (Å²) >= 11 is 1.75. The number of rotatable bonds is 6. The molecule has 4 nitrogen and oxygen atoms in total. The molecule has 3 aromatic rings. The number of anilines is 1. The number of aromatic nitrogens is 3. The van der Waals surface area contributed by atoms with Gasteiger partial charge < -0.3 is 5.32 Å². The molecule has 0 spiro atoms. The van der Waals surface area contributed by atoms with Crippen LogP contribution in [0, 0.1) is 0 Å². The van der Waals surface area contributed by atoms with Gasteiger partial charge in [0.15, 0.2) is 0 Å². The Morgan fingerprint density at radius 2 is 2.09 bits per heavy atom. The Kier molecular flexibility index (Phi) is 4.75. The molecule has 1 N–H and O–H groups in total. The molecule has 0 aliphatic carbocycles. The molecule has 0 aliphatic rings. The van der Waals surface area contributed by atoms with E-state index in [2.05, 4.69) is 39.7 Å². The van der Waals surface area contributed by atoms with Crippen LogP contribution >= 0.6 is 11.8 Å². The van der Waals surface area contributed by atoms with Crippen LogP contribution in [0.1, 0.15) is 11.1 Å². The second-order valence-electron chi connectivity index (χ2n) is 5.03. The predicted molar refractivity (Wildman–Crippen MR) is 90.8 cm³/mol. The lowest BCUT2D eigenvalue weighted by molar-refractivity contribution is 0.767. The highest BCUT2D eigenvalue weighted by molar-refractivity contribution is 7.98. The van der Waals surface area contributed by atoms with E-state index in [4.69, 9.17) is 0 Å². The number of thioether (sulfide) groups is 1. The Hall–Kier alpha value is -2.27. The van der Waals surface area contributed by atoms with Gasteiger partial charge in [-0.25, -0.2) is 4.98 Å². The van der Waals surface area contributed by atoms with Gasteiger partial charge in [-0.05, 0) is 29.8 Å². The molecule has 2 aromatic heterocycles. The van der Waals surface area contributed by atoms with Crippen LogP contribution in [0.3, 0.4) is 0 Å². The minimum atomic E-state index is 0.782. The third-order valence-electron chi connectivity index (χ3n) is 3.21. The fourth-order valence-corrected chi connectivity index (χ4v) is 2.93. The summed E-state index contributed by atoms with van der Waals surface area (Å²) in [6.45, 7) is 0.782. The first-order valence-electron chi connectivity index (χ1n) is 7.14. The van der Waals surface area contributed by atoms with Gasteiger partial charge in [-0.2, -0.15) is 5.10 Å². The van der Waals surface area contributed by atoms with Crippen molar-refractivity contribution in [2.45, 2.75) is 17.3 Å². The van der Waals surface area contributed by atoms with Crippen LogP contribution in [-0.4, -0.2) is 14.8 Å². The summed E-state index contributed by atoms with van der Waals surface area (Å²) in [7, 11) is 1.93. The molecular formula is C17H18N4S. The highest BCUT2D eigenvalue weighted by Gasteiger charge is 2.00. The summed E-state index contributed by atoms with van der Waals surface area (Å²) in [5, 5.41) is 8.66. The Balaban J connectivity index is 1.57. The van der Waals surface area contributed by atoms with Gasteiger partial charge in [-0.3, -0.25) is 4.68 Å². The van der Waals surface area contributed by atoms with E-state index in [-0.39, 0.29) is 0 Å². The van der Waals surface area contributed by atoms with Gasteiger partial charge in [-0.15, -0.1) is 11.8 Å². The maximum Gasteiger partial charge on any atom is 0.0963 e. The highest BCUT2D eigenvalue weighted by atomic mass is 32.2. The standard InChI is InChI=1S/C17H18N4S/c1-21-12-15(11-20-21)10-19-16-6-4-5-14(9-16)13-22-17-7-2-3-8-18-17/h2-9,11-12,19H,10,13H2,1H3. The molecule has 0 saturated heterocycles. The second-order valence-corrected chi connectivity index (χ2v) is 6.03. The summed E-state index contributed by atoms with van der Waals surface area (Å²) in [5.41, 5.74) is 3.59. The van der Waals surface area contributed by atoms with Gasteiger partial charge >= 0.3 is 0 Å². The van der Waals surface area contributed by atoms with Crippen LogP contribution in [0.25, 0.3) is 0 Å². The molecule has 0 saturated carbocycles. The van der Waals surface area contributed by atoms with E-state index < -0.39 is 0 Å². The Morgan fingerprint density at radius 3 is 2.86 bits per heavy atom. The van der Waals surface area contributed by atoms with Crippen LogP contribution < -0.4 is 5.32 Å². The minimum absolute atomic E-state index is 0.782. The molecule has 1 aromatic carbocycles. The monoisotopic (exact) mass is 310 g/mol. The lowest BCUT2D eigenvalue weighted by Crippen LogP contribution is -1.98. The van der Waals surface area contributed by atoms with Crippen molar-refractivity contribution in [1.29, 1.82) is 0 Å². The molecule has 0 bridgehead atoms. The van der Waals surface area contributed by atoms with Crippen LogP contribution in [0.4, 0.5) is 5.69 Å². The van der Waals surface area contributed by atoms with Crippen LogP contribution in [-0.2, 0) is 19.3 Å². The first kappa shape index (κ1) is 14.7. The lowest BCUT2D eigenvalue weighted by atomic mass is 10.2. The summed E-state index contributed by atoms with van der Waals surface area (Å²) in [6, 6.07) is 14.5. The number of hydrogen-bond acceptors (Lipinski definition) is 4. The summed E-state index contributed by atoms with van der Waals surface area (Å²) in [4.78, 5) is 4.33. The van der Waals surface area contributed by atoms with Crippen molar-refractivity contribution in [3.05, 3.63) is 72.2 Å². The van der Waals surface area contributed by atoms with Crippen molar-refractivity contribution in [3.8, 4) is 0 Å². The molecule has 22 heavy (non-hydrogen) atoms. The van der Waals surface area contributed by atoms with E-state index in [1.54, 1.807) is 11.8 Å². The predicted octanol–water partition coefficient (Wildman–Crippen LogP) is 3.72. The van der Waals surface area contributed by atoms with E-state index in [0.29, 0.717) is 0 Å². The zero-order valence-electron chi connectivity index (χ0n) is 12.4. The summed E-state index contributed by atoms with van der Waals surface area (Å²) < 4.78 is 1.82. The largest absolute Gasteiger partial charge is 0.381 e. The molecule has 0 radical (unpaired) electrons. The van der Waals surface area contributed by atoms with Gasteiger partial charge in [0.2, 0.25) is 0 Å². The number of benzene rings is 1. The molecule has 5 heteroatoms. The van der Waals surface area contributed by atoms with Crippen LogP contribution in [0.15, 0.2) is 66.1 Å². The highest BCUT2D eigenvalue weighted by Crippen LogP contribution is 2.22. The van der Waals surface area contributed by atoms with Gasteiger partial charge in [-0.1, -0.05) is 18.2 Å². The van der Waals surface area contributed by atoms with E-state index in [0.717, 1.165) is 23.0 Å². The zero-order valence-corrected chi connectivity index (χ0v) is 13.3. The maximum atomic E-state index is 4.33. The van der Waals surface area contributed by atoms with E-state index in [9.17, 15) is 0 Å². The van der Waals surface area contributed by atoms with Crippen LogP contribution in [0.2, 0.25) is 0 Å². The molecule has 0 fully saturated rings. The van der Waals surface area contributed by atoms with Crippen LogP contribution in [0.5, 0.6) is 0 Å². The number of nitrogens with zero attached hydrogens (tertiary/aromatic N) is 3. The third kappa shape index (κ3) is 4.11. The first-order chi connectivity index (χ1) is 10.8.